The van der Waals surface area contributed by atoms with Gasteiger partial charge in [0.2, 0.25) is 0 Å². The normalized spacial score (nSPS) is 17.1. The van der Waals surface area contributed by atoms with Crippen LogP contribution >= 0.6 is 0 Å². The fraction of sp³-hybridized carbons (Fsp3) is 0.320. The minimum absolute atomic E-state index is 0.391. The highest BCUT2D eigenvalue weighted by molar-refractivity contribution is 6.62. The van der Waals surface area contributed by atoms with Gasteiger partial charge in [-0.2, -0.15) is 0 Å². The van der Waals surface area contributed by atoms with Crippen LogP contribution in [0, 0.1) is 0 Å². The maximum absolute atomic E-state index is 11.1. The van der Waals surface area contributed by atoms with Crippen molar-refractivity contribution in [1.29, 1.82) is 0 Å². The van der Waals surface area contributed by atoms with Crippen LogP contribution in [0.2, 0.25) is 0 Å². The van der Waals surface area contributed by atoms with Crippen molar-refractivity contribution >= 4 is 29.3 Å². The summed E-state index contributed by atoms with van der Waals surface area (Å²) >= 11 is 0. The highest BCUT2D eigenvalue weighted by Crippen LogP contribution is 2.37. The molecule has 1 saturated heterocycles. The van der Waals surface area contributed by atoms with Gasteiger partial charge in [-0.3, -0.25) is 0 Å². The maximum atomic E-state index is 11.1. The average molecular weight is 418 g/mol. The monoisotopic (exact) mass is 418 g/mol. The first-order valence-electron chi connectivity index (χ1n) is 10.5. The summed E-state index contributed by atoms with van der Waals surface area (Å²) in [6.45, 7) is 7.70. The number of rotatable bonds is 6. The van der Waals surface area contributed by atoms with Gasteiger partial charge in [-0.15, -0.1) is 0 Å². The summed E-state index contributed by atoms with van der Waals surface area (Å²) < 4.78 is 18.0. The number of carbonyl (C=O) groups is 1. The molecular weight excluding hydrogens is 391 g/mol. The van der Waals surface area contributed by atoms with Crippen LogP contribution in [0.25, 0.3) is 10.8 Å². The van der Waals surface area contributed by atoms with Gasteiger partial charge in [0.25, 0.3) is 0 Å². The van der Waals surface area contributed by atoms with Crippen molar-refractivity contribution in [3.63, 3.8) is 0 Å². The van der Waals surface area contributed by atoms with E-state index < -0.39 is 30.9 Å². The van der Waals surface area contributed by atoms with Crippen molar-refractivity contribution in [2.45, 2.75) is 45.3 Å². The molecule has 3 aromatic rings. The third-order valence-corrected chi connectivity index (χ3v) is 6.22. The Morgan fingerprint density at radius 2 is 1.61 bits per heavy atom. The first-order valence-corrected chi connectivity index (χ1v) is 10.5. The third kappa shape index (κ3) is 4.32. The lowest BCUT2D eigenvalue weighted by molar-refractivity contribution is -0.139. The summed E-state index contributed by atoms with van der Waals surface area (Å²) in [6, 6.07) is 20.1. The average Bonchev–Trinajstić information content (AvgIpc) is 2.94. The Bertz CT molecular complexity index is 1100. The smallest absolute Gasteiger partial charge is 0.482 e. The number of aliphatic carboxylic acids is 1. The van der Waals surface area contributed by atoms with Crippen LogP contribution in [-0.2, 0) is 20.5 Å². The first-order chi connectivity index (χ1) is 14.7. The lowest BCUT2D eigenvalue weighted by Crippen LogP contribution is -2.41. The number of ether oxygens (including phenoxy) is 1. The molecule has 6 heteroatoms. The second kappa shape index (κ2) is 8.02. The third-order valence-electron chi connectivity index (χ3n) is 6.22. The Kier molecular flexibility index (Phi) is 5.54. The molecule has 1 heterocycles. The van der Waals surface area contributed by atoms with E-state index in [4.69, 9.17) is 19.2 Å². The summed E-state index contributed by atoms with van der Waals surface area (Å²) in [4.78, 5) is 11.1. The predicted octanol–water partition coefficient (Wildman–Crippen LogP) is 4.19. The molecule has 0 radical (unpaired) electrons. The van der Waals surface area contributed by atoms with E-state index >= 15 is 0 Å². The number of carboxylic acid groups (broad SMARTS) is 1. The lowest BCUT2D eigenvalue weighted by Gasteiger charge is -2.32. The molecule has 0 aliphatic carbocycles. The van der Waals surface area contributed by atoms with E-state index in [-0.39, 0.29) is 0 Å². The highest BCUT2D eigenvalue weighted by Gasteiger charge is 2.51. The molecule has 1 aliphatic rings. The fourth-order valence-corrected chi connectivity index (χ4v) is 3.80. The zero-order valence-corrected chi connectivity index (χ0v) is 18.3. The first kappa shape index (κ1) is 21.4. The van der Waals surface area contributed by atoms with Gasteiger partial charge < -0.3 is 19.2 Å². The molecule has 4 rings (SSSR count). The van der Waals surface area contributed by atoms with E-state index in [1.54, 1.807) is 0 Å². The molecule has 0 saturated carbocycles. The minimum atomic E-state index is -1.01. The zero-order chi connectivity index (χ0) is 22.2. The molecule has 0 atom stereocenters. The number of carboxylic acids is 1. The SMILES string of the molecule is CC1(C)OB(c2ccc(OCC(=O)O)c(Cc3cccc4ccccc34)c2)OC1(C)C. The van der Waals surface area contributed by atoms with Crippen molar-refractivity contribution in [1.82, 2.24) is 0 Å². The summed E-state index contributed by atoms with van der Waals surface area (Å²) in [7, 11) is -0.496. The van der Waals surface area contributed by atoms with Gasteiger partial charge >= 0.3 is 13.1 Å². The summed E-state index contributed by atoms with van der Waals surface area (Å²) in [5.74, 6) is -0.457. The van der Waals surface area contributed by atoms with Crippen molar-refractivity contribution in [2.24, 2.45) is 0 Å². The van der Waals surface area contributed by atoms with Gasteiger partial charge in [-0.25, -0.2) is 4.79 Å². The second-order valence-electron chi connectivity index (χ2n) is 8.95. The topological polar surface area (TPSA) is 65.0 Å². The molecule has 5 nitrogen and oxygen atoms in total. The number of fused-ring (bicyclic) bond motifs is 1. The van der Waals surface area contributed by atoms with Crippen LogP contribution in [0.3, 0.4) is 0 Å². The van der Waals surface area contributed by atoms with Crippen LogP contribution < -0.4 is 10.2 Å². The molecule has 0 amide bonds. The van der Waals surface area contributed by atoms with Crippen molar-refractivity contribution in [3.8, 4) is 5.75 Å². The Labute approximate surface area is 183 Å². The number of hydrogen-bond acceptors (Lipinski definition) is 4. The quantitative estimate of drug-likeness (QED) is 0.608. The fourth-order valence-electron chi connectivity index (χ4n) is 3.80. The van der Waals surface area contributed by atoms with Gasteiger partial charge in [-0.1, -0.05) is 54.6 Å². The van der Waals surface area contributed by atoms with Gasteiger partial charge in [0.1, 0.15) is 5.75 Å². The van der Waals surface area contributed by atoms with Crippen LogP contribution in [0.15, 0.2) is 60.7 Å². The molecule has 160 valence electrons. The molecule has 1 aliphatic heterocycles. The lowest BCUT2D eigenvalue weighted by atomic mass is 9.77. The molecule has 0 aromatic heterocycles. The van der Waals surface area contributed by atoms with Crippen LogP contribution in [-0.4, -0.2) is 36.0 Å². The number of hydrogen-bond donors (Lipinski definition) is 1. The molecule has 1 N–H and O–H groups in total. The van der Waals surface area contributed by atoms with Gasteiger partial charge in [0, 0.05) is 6.42 Å². The standard InChI is InChI=1S/C25H27BO5/c1-24(2)25(3,4)31-26(30-24)20-12-13-22(29-16-23(27)28)19(15-20)14-18-10-7-9-17-8-5-6-11-21(17)18/h5-13,15H,14,16H2,1-4H3,(H,27,28). The Morgan fingerprint density at radius 1 is 0.935 bits per heavy atom. The van der Waals surface area contributed by atoms with E-state index in [0.717, 1.165) is 27.4 Å². The zero-order valence-electron chi connectivity index (χ0n) is 18.3. The highest BCUT2D eigenvalue weighted by atomic mass is 16.7. The van der Waals surface area contributed by atoms with Crippen molar-refractivity contribution in [3.05, 3.63) is 71.8 Å². The van der Waals surface area contributed by atoms with E-state index in [0.29, 0.717) is 12.2 Å². The van der Waals surface area contributed by atoms with Crippen molar-refractivity contribution in [2.75, 3.05) is 6.61 Å². The Hall–Kier alpha value is -2.83. The van der Waals surface area contributed by atoms with Gasteiger partial charge in [-0.05, 0) is 61.1 Å². The molecule has 0 unspecified atom stereocenters. The summed E-state index contributed by atoms with van der Waals surface area (Å²) in [6.07, 6.45) is 0.601. The molecule has 0 bridgehead atoms. The van der Waals surface area contributed by atoms with E-state index in [1.807, 2.05) is 64.1 Å². The van der Waals surface area contributed by atoms with E-state index in [9.17, 15) is 4.79 Å². The summed E-state index contributed by atoms with van der Waals surface area (Å²) in [5, 5.41) is 11.4. The maximum Gasteiger partial charge on any atom is 0.494 e. The molecule has 1 fully saturated rings. The molecule has 3 aromatic carbocycles. The summed E-state index contributed by atoms with van der Waals surface area (Å²) in [5.41, 5.74) is 2.04. The van der Waals surface area contributed by atoms with Crippen LogP contribution in [0.4, 0.5) is 0 Å². The Balaban J connectivity index is 1.71. The number of benzene rings is 3. The second-order valence-corrected chi connectivity index (χ2v) is 8.95. The van der Waals surface area contributed by atoms with E-state index in [1.165, 1.54) is 0 Å². The molecule has 0 spiro atoms. The van der Waals surface area contributed by atoms with E-state index in [2.05, 4.69) is 24.3 Å². The Morgan fingerprint density at radius 3 is 2.32 bits per heavy atom. The molecular formula is C25H27BO5. The van der Waals surface area contributed by atoms with Gasteiger partial charge in [0.05, 0.1) is 11.2 Å². The van der Waals surface area contributed by atoms with Gasteiger partial charge in [0.15, 0.2) is 6.61 Å². The molecule has 31 heavy (non-hydrogen) atoms. The van der Waals surface area contributed by atoms with Crippen LogP contribution in [0.1, 0.15) is 38.8 Å². The largest absolute Gasteiger partial charge is 0.494 e. The minimum Gasteiger partial charge on any atom is -0.482 e. The van der Waals surface area contributed by atoms with Crippen molar-refractivity contribution < 1.29 is 23.9 Å². The van der Waals surface area contributed by atoms with Crippen LogP contribution in [0.5, 0.6) is 5.75 Å². The predicted molar refractivity (Wildman–Crippen MR) is 122 cm³/mol.